The smallest absolute Gasteiger partial charge is 0.223 e. The van der Waals surface area contributed by atoms with E-state index in [1.165, 1.54) is 0 Å². The number of ether oxygens (including phenoxy) is 2. The lowest BCUT2D eigenvalue weighted by Crippen LogP contribution is -2.19. The topological polar surface area (TPSA) is 47.9 Å². The molecule has 1 unspecified atom stereocenters. The lowest BCUT2D eigenvalue weighted by Gasteiger charge is -2.20. The fraction of sp³-hybridized carbons (Fsp3) is 0.125. The van der Waals surface area contributed by atoms with E-state index in [1.54, 1.807) is 7.11 Å². The minimum Gasteiger partial charge on any atom is -0.497 e. The lowest BCUT2D eigenvalue weighted by molar-refractivity contribution is -0.109. The Kier molecular flexibility index (Phi) is 3.21. The number of para-hydroxylation sites is 1. The standard InChI is InChI=1S/C16H13NO3/c1-19-12-8-6-11(7-9-12)16-17-14(10-18)13-4-2-3-5-15(13)20-16/h2-10,14H,1H3. The third kappa shape index (κ3) is 2.16. The molecule has 0 aromatic heterocycles. The van der Waals surface area contributed by atoms with E-state index in [4.69, 9.17) is 9.47 Å². The molecule has 1 aliphatic rings. The Morgan fingerprint density at radius 2 is 1.90 bits per heavy atom. The van der Waals surface area contributed by atoms with Crippen LogP contribution in [0.3, 0.4) is 0 Å². The fourth-order valence-corrected chi connectivity index (χ4v) is 2.11. The van der Waals surface area contributed by atoms with E-state index >= 15 is 0 Å². The van der Waals surface area contributed by atoms with Gasteiger partial charge in [-0.3, -0.25) is 0 Å². The van der Waals surface area contributed by atoms with E-state index in [-0.39, 0.29) is 0 Å². The third-order valence-corrected chi connectivity index (χ3v) is 3.17. The number of aldehydes is 1. The van der Waals surface area contributed by atoms with E-state index in [9.17, 15) is 4.79 Å². The number of hydrogen-bond acceptors (Lipinski definition) is 4. The van der Waals surface area contributed by atoms with Gasteiger partial charge in [0.2, 0.25) is 5.90 Å². The Bertz CT molecular complexity index is 662. The Morgan fingerprint density at radius 3 is 2.60 bits per heavy atom. The summed E-state index contributed by atoms with van der Waals surface area (Å²) in [5, 5.41) is 0. The van der Waals surface area contributed by atoms with Gasteiger partial charge in [0.05, 0.1) is 7.11 Å². The zero-order chi connectivity index (χ0) is 13.9. The van der Waals surface area contributed by atoms with E-state index in [0.29, 0.717) is 11.6 Å². The summed E-state index contributed by atoms with van der Waals surface area (Å²) in [6.07, 6.45) is 0.824. The van der Waals surface area contributed by atoms with Crippen molar-refractivity contribution >= 4 is 12.2 Å². The number of nitrogens with zero attached hydrogens (tertiary/aromatic N) is 1. The highest BCUT2D eigenvalue weighted by Crippen LogP contribution is 2.31. The second-order valence-corrected chi connectivity index (χ2v) is 4.38. The molecule has 0 saturated carbocycles. The molecule has 0 bridgehead atoms. The van der Waals surface area contributed by atoms with Crippen molar-refractivity contribution in [1.82, 2.24) is 0 Å². The predicted molar refractivity (Wildman–Crippen MR) is 75.4 cm³/mol. The first kappa shape index (κ1) is 12.4. The minimum absolute atomic E-state index is 0.448. The van der Waals surface area contributed by atoms with Crippen LogP contribution in [-0.4, -0.2) is 19.3 Å². The summed E-state index contributed by atoms with van der Waals surface area (Å²) in [5.74, 6) is 1.88. The number of methoxy groups -OCH3 is 1. The second kappa shape index (κ2) is 5.17. The number of carbonyl (C=O) groups excluding carboxylic acids is 1. The van der Waals surface area contributed by atoms with E-state index in [2.05, 4.69) is 4.99 Å². The molecule has 0 saturated heterocycles. The van der Waals surface area contributed by atoms with E-state index in [0.717, 1.165) is 23.2 Å². The van der Waals surface area contributed by atoms with Gasteiger partial charge in [0.1, 0.15) is 23.8 Å². The number of rotatable bonds is 3. The quantitative estimate of drug-likeness (QED) is 0.803. The Labute approximate surface area is 116 Å². The van der Waals surface area contributed by atoms with Crippen LogP contribution in [-0.2, 0) is 4.79 Å². The zero-order valence-electron chi connectivity index (χ0n) is 10.9. The molecular weight excluding hydrogens is 254 g/mol. The van der Waals surface area contributed by atoms with E-state index < -0.39 is 6.04 Å². The van der Waals surface area contributed by atoms with Gasteiger partial charge in [-0.2, -0.15) is 0 Å². The van der Waals surface area contributed by atoms with Gasteiger partial charge in [-0.1, -0.05) is 18.2 Å². The van der Waals surface area contributed by atoms with Gasteiger partial charge < -0.3 is 14.3 Å². The maximum atomic E-state index is 11.2. The normalized spacial score (nSPS) is 16.6. The molecule has 1 atom stereocenters. The number of carbonyl (C=O) groups is 1. The molecule has 0 N–H and O–H groups in total. The zero-order valence-corrected chi connectivity index (χ0v) is 10.9. The molecule has 3 rings (SSSR count). The van der Waals surface area contributed by atoms with Crippen molar-refractivity contribution in [2.24, 2.45) is 4.99 Å². The average molecular weight is 267 g/mol. The molecular formula is C16H13NO3. The maximum absolute atomic E-state index is 11.2. The summed E-state index contributed by atoms with van der Waals surface area (Å²) in [5.41, 5.74) is 1.60. The van der Waals surface area contributed by atoms with Crippen molar-refractivity contribution in [3.05, 3.63) is 59.7 Å². The molecule has 0 aliphatic carbocycles. The first-order valence-electron chi connectivity index (χ1n) is 6.26. The SMILES string of the molecule is COc1ccc(C2=NC(C=O)c3ccccc3O2)cc1. The number of aliphatic imine (C=N–C) groups is 1. The van der Waals surface area contributed by atoms with Crippen molar-refractivity contribution in [3.8, 4) is 11.5 Å². The summed E-state index contributed by atoms with van der Waals surface area (Å²) in [4.78, 5) is 15.6. The van der Waals surface area contributed by atoms with Crippen LogP contribution in [0.1, 0.15) is 17.2 Å². The molecule has 0 spiro atoms. The molecule has 100 valence electrons. The van der Waals surface area contributed by atoms with Gasteiger partial charge in [-0.15, -0.1) is 0 Å². The summed E-state index contributed by atoms with van der Waals surface area (Å²) < 4.78 is 10.9. The van der Waals surface area contributed by atoms with Crippen LogP contribution in [0.4, 0.5) is 0 Å². The van der Waals surface area contributed by atoms with Gasteiger partial charge in [0, 0.05) is 11.1 Å². The van der Waals surface area contributed by atoms with Crippen molar-refractivity contribution in [1.29, 1.82) is 0 Å². The van der Waals surface area contributed by atoms with Crippen molar-refractivity contribution in [2.45, 2.75) is 6.04 Å². The predicted octanol–water partition coefficient (Wildman–Crippen LogP) is 2.77. The highest BCUT2D eigenvalue weighted by atomic mass is 16.5. The molecule has 0 amide bonds. The average Bonchev–Trinajstić information content (AvgIpc) is 2.54. The largest absolute Gasteiger partial charge is 0.497 e. The summed E-state index contributed by atoms with van der Waals surface area (Å²) >= 11 is 0. The van der Waals surface area contributed by atoms with Gasteiger partial charge in [-0.05, 0) is 30.3 Å². The number of benzene rings is 2. The monoisotopic (exact) mass is 267 g/mol. The Balaban J connectivity index is 1.98. The molecule has 2 aromatic rings. The van der Waals surface area contributed by atoms with Gasteiger partial charge in [-0.25, -0.2) is 4.99 Å². The van der Waals surface area contributed by atoms with E-state index in [1.807, 2.05) is 48.5 Å². The first-order chi connectivity index (χ1) is 9.81. The Morgan fingerprint density at radius 1 is 1.15 bits per heavy atom. The van der Waals surface area contributed by atoms with Crippen molar-refractivity contribution < 1.29 is 14.3 Å². The summed E-state index contributed by atoms with van der Waals surface area (Å²) in [7, 11) is 1.61. The highest BCUT2D eigenvalue weighted by molar-refractivity contribution is 5.98. The van der Waals surface area contributed by atoms with Crippen LogP contribution in [0.5, 0.6) is 11.5 Å². The third-order valence-electron chi connectivity index (χ3n) is 3.17. The van der Waals surface area contributed by atoms with Crippen LogP contribution >= 0.6 is 0 Å². The molecule has 0 fully saturated rings. The summed E-state index contributed by atoms with van der Waals surface area (Å²) in [6.45, 7) is 0. The Hall–Kier alpha value is -2.62. The molecule has 4 heteroatoms. The number of fused-ring (bicyclic) bond motifs is 1. The maximum Gasteiger partial charge on any atom is 0.223 e. The molecule has 2 aromatic carbocycles. The fourth-order valence-electron chi connectivity index (χ4n) is 2.11. The van der Waals surface area contributed by atoms with Gasteiger partial charge in [0.15, 0.2) is 0 Å². The number of hydrogen-bond donors (Lipinski definition) is 0. The lowest BCUT2D eigenvalue weighted by atomic mass is 10.1. The highest BCUT2D eigenvalue weighted by Gasteiger charge is 2.23. The van der Waals surface area contributed by atoms with Gasteiger partial charge in [0.25, 0.3) is 0 Å². The second-order valence-electron chi connectivity index (χ2n) is 4.38. The van der Waals surface area contributed by atoms with Crippen LogP contribution in [0.15, 0.2) is 53.5 Å². The van der Waals surface area contributed by atoms with Gasteiger partial charge >= 0.3 is 0 Å². The van der Waals surface area contributed by atoms with Crippen LogP contribution < -0.4 is 9.47 Å². The molecule has 1 heterocycles. The van der Waals surface area contributed by atoms with Crippen molar-refractivity contribution in [2.75, 3.05) is 7.11 Å². The van der Waals surface area contributed by atoms with Crippen LogP contribution in [0.25, 0.3) is 0 Å². The summed E-state index contributed by atoms with van der Waals surface area (Å²) in [6, 6.07) is 14.3. The minimum atomic E-state index is -0.517. The molecule has 20 heavy (non-hydrogen) atoms. The van der Waals surface area contributed by atoms with Crippen LogP contribution in [0, 0.1) is 0 Å². The van der Waals surface area contributed by atoms with Crippen molar-refractivity contribution in [3.63, 3.8) is 0 Å². The molecule has 1 aliphatic heterocycles. The molecule has 4 nitrogen and oxygen atoms in total. The molecule has 0 radical (unpaired) electrons. The van der Waals surface area contributed by atoms with Crippen LogP contribution in [0.2, 0.25) is 0 Å². The first-order valence-corrected chi connectivity index (χ1v) is 6.26.